The summed E-state index contributed by atoms with van der Waals surface area (Å²) in [6.07, 6.45) is -20.2. The number of ether oxygens (including phenoxy) is 17. The topological polar surface area (TPSA) is 311 Å². The van der Waals surface area contributed by atoms with Crippen LogP contribution in [0, 0.1) is 30.6 Å². The molecule has 0 saturated carbocycles. The molecule has 26 heteroatoms. The van der Waals surface area contributed by atoms with E-state index < -0.39 is 183 Å². The van der Waals surface area contributed by atoms with Crippen LogP contribution >= 0.6 is 0 Å². The highest BCUT2D eigenvalue weighted by Gasteiger charge is 2.57. The van der Waals surface area contributed by atoms with Crippen LogP contribution in [-0.4, -0.2) is 172 Å². The summed E-state index contributed by atoms with van der Waals surface area (Å²) in [4.78, 5) is 112. The van der Waals surface area contributed by atoms with Crippen molar-refractivity contribution in [3.8, 4) is 11.5 Å². The van der Waals surface area contributed by atoms with E-state index in [2.05, 4.69) is 0 Å². The van der Waals surface area contributed by atoms with Crippen molar-refractivity contribution in [2.45, 2.75) is 209 Å². The largest absolute Gasteiger partial charge is 0.463 e. The standard InChI is InChI=1S/C54H76O26/c1-16-37-47(80-51-27(6)44(67-31(10)58)48(70-34(13)61)42(77-51)22-66-30(9)57)49(71-35(14)62)50(72-36(15)63)54(73-37)74-38-18-17-23(2)19-39(38)75-52-46(69-33(12)60)26(5)43(41(78-52)21-65-29(8)56)79-53-45(68-32(11)59)25(4)24(3)40(76-53)20-64-28(7)55/h17-19,24-27,37,40-54H,16,20-22H2,1-15H3/t24-,25-,26-,27+,37+,40+,41+,42+,43-,44+,45+,46+,47+,48+,49-,50+,51-,52+,53-,54-/m0/s1. The summed E-state index contributed by atoms with van der Waals surface area (Å²) >= 11 is 0. The fourth-order valence-electron chi connectivity index (χ4n) is 9.91. The van der Waals surface area contributed by atoms with Gasteiger partial charge in [-0.05, 0) is 37.0 Å². The Labute approximate surface area is 463 Å². The van der Waals surface area contributed by atoms with Crippen LogP contribution in [0.5, 0.6) is 11.5 Å². The molecule has 80 heavy (non-hydrogen) atoms. The van der Waals surface area contributed by atoms with Gasteiger partial charge in [-0.2, -0.15) is 0 Å². The molecule has 4 heterocycles. The second-order valence-corrected chi connectivity index (χ2v) is 20.3. The Balaban J connectivity index is 1.51. The molecule has 1 aromatic rings. The van der Waals surface area contributed by atoms with Crippen molar-refractivity contribution in [3.63, 3.8) is 0 Å². The molecule has 0 amide bonds. The van der Waals surface area contributed by atoms with E-state index in [1.54, 1.807) is 39.8 Å². The second-order valence-electron chi connectivity index (χ2n) is 20.3. The number of hydrogen-bond donors (Lipinski definition) is 0. The molecule has 0 radical (unpaired) electrons. The van der Waals surface area contributed by atoms with E-state index in [0.29, 0.717) is 5.56 Å². The SMILES string of the molecule is CC[C@H]1O[C@@H](Oc2ccc(C)cc2O[C@@H]2O[C@H](COC(C)=O)[C@@H](O[C@@H]3O[C@H](COC(C)=O)[C@@H](C)[C@H](C)[C@H]3OC(C)=O)[C@H](C)[C@H]2OC(C)=O)[C@H](OC(C)=O)[C@@H](OC(C)=O)[C@@H]1O[C@@H]1O[C@H](COC(C)=O)[C@@H](OC(C)=O)[C@H](OC(C)=O)[C@H]1C. The maximum Gasteiger partial charge on any atom is 0.303 e. The monoisotopic (exact) mass is 1140 g/mol. The molecular weight excluding hydrogens is 1060 g/mol. The first-order chi connectivity index (χ1) is 37.6. The third kappa shape index (κ3) is 17.4. The predicted molar refractivity (Wildman–Crippen MR) is 267 cm³/mol. The van der Waals surface area contributed by atoms with Crippen LogP contribution in [0.4, 0.5) is 0 Å². The molecule has 1 aromatic carbocycles. The number of carbonyl (C=O) groups excluding carboxylic acids is 9. The Bertz CT molecular complexity index is 2350. The van der Waals surface area contributed by atoms with Gasteiger partial charge >= 0.3 is 53.7 Å². The third-order valence-corrected chi connectivity index (χ3v) is 13.8. The highest BCUT2D eigenvalue weighted by Crippen LogP contribution is 2.42. The third-order valence-electron chi connectivity index (χ3n) is 13.8. The maximum absolute atomic E-state index is 13.0. The van der Waals surface area contributed by atoms with Crippen LogP contribution in [0.3, 0.4) is 0 Å². The van der Waals surface area contributed by atoms with Crippen molar-refractivity contribution < 1.29 is 124 Å². The number of esters is 9. The average Bonchev–Trinajstić information content (AvgIpc) is 3.35. The van der Waals surface area contributed by atoms with Crippen LogP contribution in [-0.2, 0) is 114 Å². The zero-order chi connectivity index (χ0) is 59.4. The van der Waals surface area contributed by atoms with Crippen molar-refractivity contribution in [3.05, 3.63) is 23.8 Å². The fourth-order valence-corrected chi connectivity index (χ4v) is 9.91. The number of rotatable bonds is 21. The molecule has 0 spiro atoms. The van der Waals surface area contributed by atoms with E-state index in [0.717, 1.165) is 34.6 Å². The molecule has 4 saturated heterocycles. The first-order valence-electron chi connectivity index (χ1n) is 26.4. The zero-order valence-corrected chi connectivity index (χ0v) is 47.7. The van der Waals surface area contributed by atoms with Crippen LogP contribution in [0.25, 0.3) is 0 Å². The minimum atomic E-state index is -1.60. The van der Waals surface area contributed by atoms with Crippen LogP contribution in [0.15, 0.2) is 18.2 Å². The van der Waals surface area contributed by atoms with Crippen molar-refractivity contribution in [1.29, 1.82) is 0 Å². The van der Waals surface area contributed by atoms with Gasteiger partial charge in [0.15, 0.2) is 48.5 Å². The minimum Gasteiger partial charge on any atom is -0.463 e. The van der Waals surface area contributed by atoms with Crippen LogP contribution in [0.2, 0.25) is 0 Å². The van der Waals surface area contributed by atoms with Crippen molar-refractivity contribution >= 4 is 53.7 Å². The average molecular weight is 1140 g/mol. The van der Waals surface area contributed by atoms with E-state index in [9.17, 15) is 43.2 Å². The van der Waals surface area contributed by atoms with Gasteiger partial charge in [0.1, 0.15) is 44.2 Å². The van der Waals surface area contributed by atoms with Gasteiger partial charge in [0.25, 0.3) is 0 Å². The summed E-state index contributed by atoms with van der Waals surface area (Å²) in [6, 6.07) is 4.74. The lowest BCUT2D eigenvalue weighted by molar-refractivity contribution is -0.344. The zero-order valence-electron chi connectivity index (χ0n) is 47.7. The van der Waals surface area contributed by atoms with E-state index in [1.807, 2.05) is 13.8 Å². The van der Waals surface area contributed by atoms with Crippen LogP contribution in [0.1, 0.15) is 109 Å². The number of carbonyl (C=O) groups is 9. The van der Waals surface area contributed by atoms with Gasteiger partial charge in [-0.15, -0.1) is 0 Å². The first kappa shape index (κ1) is 64.6. The lowest BCUT2D eigenvalue weighted by Crippen LogP contribution is -2.65. The highest BCUT2D eigenvalue weighted by atomic mass is 16.8. The molecule has 0 aliphatic carbocycles. The molecule has 4 aliphatic rings. The molecule has 4 fully saturated rings. The molecule has 0 N–H and O–H groups in total. The van der Waals surface area contributed by atoms with E-state index in [-0.39, 0.29) is 30.4 Å². The molecule has 5 rings (SSSR count). The summed E-state index contributed by atoms with van der Waals surface area (Å²) in [5.41, 5.74) is 0.630. The van der Waals surface area contributed by atoms with Gasteiger partial charge in [0.2, 0.25) is 18.7 Å². The molecule has 448 valence electrons. The molecule has 0 bridgehead atoms. The quantitative estimate of drug-likeness (QED) is 0.125. The normalized spacial score (nSPS) is 34.0. The van der Waals surface area contributed by atoms with Gasteiger partial charge in [-0.3, -0.25) is 43.2 Å². The summed E-state index contributed by atoms with van der Waals surface area (Å²) in [5, 5.41) is 0. The molecule has 20 atom stereocenters. The summed E-state index contributed by atoms with van der Waals surface area (Å²) in [5.74, 6) is -9.04. The van der Waals surface area contributed by atoms with Gasteiger partial charge in [0, 0.05) is 80.1 Å². The summed E-state index contributed by atoms with van der Waals surface area (Å²) < 4.78 is 103. The van der Waals surface area contributed by atoms with Crippen molar-refractivity contribution in [2.75, 3.05) is 19.8 Å². The molecule has 4 aliphatic heterocycles. The van der Waals surface area contributed by atoms with Crippen molar-refractivity contribution in [2.24, 2.45) is 23.7 Å². The van der Waals surface area contributed by atoms with E-state index in [4.69, 9.17) is 80.5 Å². The Kier molecular flexibility index (Phi) is 23.4. The fraction of sp³-hybridized carbons (Fsp3) is 0.722. The van der Waals surface area contributed by atoms with Gasteiger partial charge < -0.3 is 80.5 Å². The summed E-state index contributed by atoms with van der Waals surface area (Å²) in [6.45, 7) is 19.9. The predicted octanol–water partition coefficient (Wildman–Crippen LogP) is 3.66. The Hall–Kier alpha value is -6.19. The molecule has 0 aromatic heterocycles. The van der Waals surface area contributed by atoms with Gasteiger partial charge in [-0.25, -0.2) is 0 Å². The number of aryl methyl sites for hydroxylation is 1. The smallest absolute Gasteiger partial charge is 0.303 e. The summed E-state index contributed by atoms with van der Waals surface area (Å²) in [7, 11) is 0. The molecule has 0 unspecified atom stereocenters. The van der Waals surface area contributed by atoms with Crippen LogP contribution < -0.4 is 9.47 Å². The lowest BCUT2D eigenvalue weighted by atomic mass is 9.83. The molecule has 26 nitrogen and oxygen atoms in total. The number of benzene rings is 1. The Morgan fingerprint density at radius 3 is 1.30 bits per heavy atom. The van der Waals surface area contributed by atoms with Crippen molar-refractivity contribution in [1.82, 2.24) is 0 Å². The highest BCUT2D eigenvalue weighted by molar-refractivity contribution is 5.69. The van der Waals surface area contributed by atoms with Gasteiger partial charge in [0.05, 0.1) is 18.3 Å². The van der Waals surface area contributed by atoms with E-state index in [1.165, 1.54) is 33.8 Å². The first-order valence-corrected chi connectivity index (χ1v) is 26.4. The minimum absolute atomic E-state index is 0.0330. The van der Waals surface area contributed by atoms with E-state index >= 15 is 0 Å². The maximum atomic E-state index is 13.0. The lowest BCUT2D eigenvalue weighted by Gasteiger charge is -2.49. The molecular formula is C54H76O26. The van der Waals surface area contributed by atoms with Gasteiger partial charge in [-0.1, -0.05) is 40.7 Å². The second kappa shape index (κ2) is 29.0. The Morgan fingerprint density at radius 2 is 0.775 bits per heavy atom. The number of hydrogen-bond acceptors (Lipinski definition) is 26. The Morgan fingerprint density at radius 1 is 0.375 bits per heavy atom.